The summed E-state index contributed by atoms with van der Waals surface area (Å²) in [6, 6.07) is 3.12. The van der Waals surface area contributed by atoms with Crippen molar-refractivity contribution in [1.29, 1.82) is 0 Å². The zero-order chi connectivity index (χ0) is 11.8. The Hall–Kier alpha value is -1.14. The lowest BCUT2D eigenvalue weighted by Crippen LogP contribution is -2.27. The van der Waals surface area contributed by atoms with Crippen LogP contribution in [-0.4, -0.2) is 30.9 Å². The molecule has 1 aromatic carbocycles. The van der Waals surface area contributed by atoms with Crippen molar-refractivity contribution in [3.63, 3.8) is 0 Å². The molecule has 1 fully saturated rings. The third kappa shape index (κ3) is 1.90. The van der Waals surface area contributed by atoms with Crippen LogP contribution in [0.3, 0.4) is 0 Å². The van der Waals surface area contributed by atoms with E-state index in [-0.39, 0.29) is 4.90 Å². The van der Waals surface area contributed by atoms with E-state index >= 15 is 0 Å². The van der Waals surface area contributed by atoms with E-state index in [4.69, 9.17) is 5.11 Å². The number of sulfonamides is 1. The van der Waals surface area contributed by atoms with Crippen LogP contribution in [0, 0.1) is 5.82 Å². The average Bonchev–Trinajstić information content (AvgIpc) is 2.75. The van der Waals surface area contributed by atoms with Gasteiger partial charge in [0.2, 0.25) is 10.0 Å². The monoisotopic (exact) mass is 245 g/mol. The normalized spacial score (nSPS) is 17.8. The summed E-state index contributed by atoms with van der Waals surface area (Å²) in [7, 11) is -3.60. The maximum absolute atomic E-state index is 13.1. The third-order valence-electron chi connectivity index (χ3n) is 2.62. The Morgan fingerprint density at radius 3 is 2.44 bits per heavy atom. The lowest BCUT2D eigenvalue weighted by Gasteiger charge is -2.15. The van der Waals surface area contributed by atoms with Crippen LogP contribution in [0.2, 0.25) is 0 Å². The van der Waals surface area contributed by atoms with Gasteiger partial charge in [0.25, 0.3) is 0 Å². The predicted molar refractivity (Wildman–Crippen MR) is 56.1 cm³/mol. The molecule has 0 aromatic heterocycles. The number of rotatable bonds is 2. The molecule has 0 spiro atoms. The maximum atomic E-state index is 13.1. The average molecular weight is 245 g/mol. The van der Waals surface area contributed by atoms with Gasteiger partial charge in [0, 0.05) is 13.1 Å². The van der Waals surface area contributed by atoms with Crippen LogP contribution in [0.1, 0.15) is 12.8 Å². The van der Waals surface area contributed by atoms with Gasteiger partial charge in [-0.2, -0.15) is 4.31 Å². The molecule has 1 aromatic rings. The van der Waals surface area contributed by atoms with Crippen molar-refractivity contribution in [2.75, 3.05) is 13.1 Å². The van der Waals surface area contributed by atoms with Crippen LogP contribution in [0.5, 0.6) is 5.75 Å². The summed E-state index contributed by atoms with van der Waals surface area (Å²) >= 11 is 0. The zero-order valence-corrected chi connectivity index (χ0v) is 9.37. The van der Waals surface area contributed by atoms with Crippen molar-refractivity contribution < 1.29 is 17.9 Å². The van der Waals surface area contributed by atoms with Crippen LogP contribution in [0.4, 0.5) is 4.39 Å². The Balaban J connectivity index is 2.39. The summed E-state index contributed by atoms with van der Waals surface area (Å²) in [5.74, 6) is -1.46. The molecule has 0 amide bonds. The molecular formula is C10H12FNO3S. The Kier molecular flexibility index (Phi) is 2.86. The molecule has 0 atom stereocenters. The van der Waals surface area contributed by atoms with Crippen LogP contribution < -0.4 is 0 Å². The summed E-state index contributed by atoms with van der Waals surface area (Å²) in [6.45, 7) is 0.954. The fourth-order valence-corrected chi connectivity index (χ4v) is 3.26. The van der Waals surface area contributed by atoms with Gasteiger partial charge in [-0.15, -0.1) is 0 Å². The number of phenolic OH excluding ortho intramolecular Hbond substituents is 1. The van der Waals surface area contributed by atoms with Gasteiger partial charge in [-0.25, -0.2) is 12.8 Å². The summed E-state index contributed by atoms with van der Waals surface area (Å²) in [5, 5.41) is 8.99. The number of nitrogens with zero attached hydrogens (tertiary/aromatic N) is 1. The predicted octanol–water partition coefficient (Wildman–Crippen LogP) is 1.32. The molecule has 1 heterocycles. The van der Waals surface area contributed by atoms with Crippen molar-refractivity contribution in [3.8, 4) is 5.75 Å². The van der Waals surface area contributed by atoms with Crippen molar-refractivity contribution in [1.82, 2.24) is 4.31 Å². The van der Waals surface area contributed by atoms with E-state index in [0.29, 0.717) is 13.1 Å². The lowest BCUT2D eigenvalue weighted by atomic mass is 10.3. The first-order chi connectivity index (χ1) is 7.51. The molecule has 6 heteroatoms. The molecule has 0 unspecified atom stereocenters. The number of aromatic hydroxyl groups is 1. The standard InChI is InChI=1S/C10H12FNO3S/c11-9-7-8(3-4-10(9)13)16(14,15)12-5-1-2-6-12/h3-4,7,13H,1-2,5-6H2. The second-order valence-electron chi connectivity index (χ2n) is 3.72. The minimum Gasteiger partial charge on any atom is -0.505 e. The molecule has 16 heavy (non-hydrogen) atoms. The minimum atomic E-state index is -3.60. The number of halogens is 1. The molecule has 0 aliphatic carbocycles. The van der Waals surface area contributed by atoms with Gasteiger partial charge in [-0.3, -0.25) is 0 Å². The molecular weight excluding hydrogens is 233 g/mol. The van der Waals surface area contributed by atoms with E-state index in [2.05, 4.69) is 0 Å². The minimum absolute atomic E-state index is 0.107. The summed E-state index contributed by atoms with van der Waals surface area (Å²) in [4.78, 5) is -0.107. The van der Waals surface area contributed by atoms with Gasteiger partial charge in [0.1, 0.15) is 0 Å². The summed E-state index contributed by atoms with van der Waals surface area (Å²) < 4.78 is 38.3. The fraction of sp³-hybridized carbons (Fsp3) is 0.400. The molecule has 1 aliphatic rings. The zero-order valence-electron chi connectivity index (χ0n) is 8.56. The number of hydrogen-bond acceptors (Lipinski definition) is 3. The van der Waals surface area contributed by atoms with E-state index < -0.39 is 21.6 Å². The van der Waals surface area contributed by atoms with E-state index in [9.17, 15) is 12.8 Å². The quantitative estimate of drug-likeness (QED) is 0.854. The van der Waals surface area contributed by atoms with Gasteiger partial charge < -0.3 is 5.11 Å². The first kappa shape index (κ1) is 11.3. The van der Waals surface area contributed by atoms with Crippen LogP contribution in [0.15, 0.2) is 23.1 Å². The Labute approximate surface area is 93.4 Å². The second-order valence-corrected chi connectivity index (χ2v) is 5.66. The van der Waals surface area contributed by atoms with Crippen molar-refractivity contribution in [3.05, 3.63) is 24.0 Å². The third-order valence-corrected chi connectivity index (χ3v) is 4.52. The van der Waals surface area contributed by atoms with E-state index in [1.165, 1.54) is 10.4 Å². The Bertz CT molecular complexity index is 495. The highest BCUT2D eigenvalue weighted by atomic mass is 32.2. The van der Waals surface area contributed by atoms with E-state index in [1.807, 2.05) is 0 Å². The number of phenols is 1. The van der Waals surface area contributed by atoms with E-state index in [0.717, 1.165) is 25.0 Å². The second kappa shape index (κ2) is 4.03. The first-order valence-corrected chi connectivity index (χ1v) is 6.44. The highest BCUT2D eigenvalue weighted by Gasteiger charge is 2.27. The topological polar surface area (TPSA) is 57.6 Å². The van der Waals surface area contributed by atoms with Crippen LogP contribution in [0.25, 0.3) is 0 Å². The van der Waals surface area contributed by atoms with Crippen molar-refractivity contribution >= 4 is 10.0 Å². The fourth-order valence-electron chi connectivity index (χ4n) is 1.73. The maximum Gasteiger partial charge on any atom is 0.243 e. The lowest BCUT2D eigenvalue weighted by molar-refractivity contribution is 0.430. The number of hydrogen-bond donors (Lipinski definition) is 1. The summed E-state index contributed by atoms with van der Waals surface area (Å²) in [6.07, 6.45) is 1.67. The highest BCUT2D eigenvalue weighted by molar-refractivity contribution is 7.89. The van der Waals surface area contributed by atoms with E-state index in [1.54, 1.807) is 0 Å². The van der Waals surface area contributed by atoms with Gasteiger partial charge in [-0.1, -0.05) is 0 Å². The Morgan fingerprint density at radius 1 is 1.25 bits per heavy atom. The van der Waals surface area contributed by atoms with Gasteiger partial charge in [-0.05, 0) is 31.0 Å². The van der Waals surface area contributed by atoms with Crippen LogP contribution in [-0.2, 0) is 10.0 Å². The molecule has 0 bridgehead atoms. The molecule has 0 saturated carbocycles. The molecule has 0 radical (unpaired) electrons. The van der Waals surface area contributed by atoms with Crippen LogP contribution >= 0.6 is 0 Å². The molecule has 2 rings (SSSR count). The Morgan fingerprint density at radius 2 is 1.88 bits per heavy atom. The largest absolute Gasteiger partial charge is 0.505 e. The van der Waals surface area contributed by atoms with Crippen molar-refractivity contribution in [2.24, 2.45) is 0 Å². The van der Waals surface area contributed by atoms with Gasteiger partial charge >= 0.3 is 0 Å². The van der Waals surface area contributed by atoms with Crippen molar-refractivity contribution in [2.45, 2.75) is 17.7 Å². The van der Waals surface area contributed by atoms with Gasteiger partial charge in [0.05, 0.1) is 4.90 Å². The molecule has 4 nitrogen and oxygen atoms in total. The molecule has 1 aliphatic heterocycles. The SMILES string of the molecule is O=S(=O)(c1ccc(O)c(F)c1)N1CCCC1. The smallest absolute Gasteiger partial charge is 0.243 e. The highest BCUT2D eigenvalue weighted by Crippen LogP contribution is 2.24. The molecule has 1 saturated heterocycles. The number of benzene rings is 1. The first-order valence-electron chi connectivity index (χ1n) is 5.00. The molecule has 88 valence electrons. The van der Waals surface area contributed by atoms with Gasteiger partial charge in [0.15, 0.2) is 11.6 Å². The molecule has 1 N–H and O–H groups in total. The summed E-state index contributed by atoms with van der Waals surface area (Å²) in [5.41, 5.74) is 0.